The third-order valence-electron chi connectivity index (χ3n) is 4.24. The second kappa shape index (κ2) is 10.0. The Hall–Kier alpha value is -3.20. The van der Waals surface area contributed by atoms with Crippen LogP contribution in [-0.4, -0.2) is 49.4 Å². The molecule has 0 saturated carbocycles. The molecule has 0 aliphatic carbocycles. The van der Waals surface area contributed by atoms with Crippen LogP contribution in [0.5, 0.6) is 0 Å². The predicted octanol–water partition coefficient (Wildman–Crippen LogP) is 4.56. The van der Waals surface area contributed by atoms with Gasteiger partial charge < -0.3 is 9.64 Å². The molecule has 0 aliphatic heterocycles. The van der Waals surface area contributed by atoms with Crippen molar-refractivity contribution in [3.8, 4) is 10.4 Å². The molecule has 1 aromatic heterocycles. The molecule has 1 heterocycles. The third kappa shape index (κ3) is 5.66. The molecule has 30 heavy (non-hydrogen) atoms. The van der Waals surface area contributed by atoms with Gasteiger partial charge in [0.2, 0.25) is 0 Å². The van der Waals surface area contributed by atoms with Crippen LogP contribution in [0, 0.1) is 0 Å². The molecule has 0 unspecified atom stereocenters. The van der Waals surface area contributed by atoms with E-state index in [0.717, 1.165) is 10.4 Å². The molecule has 0 bridgehead atoms. The van der Waals surface area contributed by atoms with Crippen LogP contribution < -0.4 is 10.4 Å². The van der Waals surface area contributed by atoms with Crippen molar-refractivity contribution in [1.82, 2.24) is 4.90 Å². The van der Waals surface area contributed by atoms with Crippen molar-refractivity contribution in [1.29, 1.82) is 0 Å². The second-order valence-electron chi connectivity index (χ2n) is 6.79. The second-order valence-corrected chi connectivity index (χ2v) is 7.73. The van der Waals surface area contributed by atoms with E-state index in [9.17, 15) is 14.8 Å². The Kier molecular flexibility index (Phi) is 7.18. The van der Waals surface area contributed by atoms with E-state index in [2.05, 4.69) is 5.32 Å². The van der Waals surface area contributed by atoms with Gasteiger partial charge in [-0.05, 0) is 67.5 Å². The number of hydroxylamine groups is 1. The summed E-state index contributed by atoms with van der Waals surface area (Å²) in [6.07, 6.45) is -0.565. The predicted molar refractivity (Wildman–Crippen MR) is 118 cm³/mol. The maximum absolute atomic E-state index is 12.6. The first kappa shape index (κ1) is 21.5. The fourth-order valence-electron chi connectivity index (χ4n) is 2.64. The Bertz CT molecular complexity index is 988. The molecule has 2 N–H and O–H groups in total. The Balaban J connectivity index is 1.63. The Morgan fingerprint density at radius 1 is 1.07 bits per heavy atom. The number of carbonyl (C=O) groups excluding carboxylic acids is 2. The zero-order chi connectivity index (χ0) is 21.5. The minimum absolute atomic E-state index is 0.277. The van der Waals surface area contributed by atoms with E-state index in [1.807, 2.05) is 42.6 Å². The maximum Gasteiger partial charge on any atom is 0.411 e. The molecule has 3 rings (SSSR count). The van der Waals surface area contributed by atoms with Crippen LogP contribution in [0.25, 0.3) is 10.4 Å². The van der Waals surface area contributed by atoms with Gasteiger partial charge in [0.15, 0.2) is 0 Å². The maximum atomic E-state index is 12.6. The molecule has 0 saturated heterocycles. The number of anilines is 2. The minimum Gasteiger partial charge on any atom is -0.448 e. The molecule has 0 radical (unpaired) electrons. The third-order valence-corrected chi connectivity index (χ3v) is 5.16. The van der Waals surface area contributed by atoms with Crippen LogP contribution in [-0.2, 0) is 4.74 Å². The SMILES string of the molecule is CN(C)CCOC(=O)Nc1ccc(C(=O)N(O)c2cccc(-c3cccs3)c2)cc1. The summed E-state index contributed by atoms with van der Waals surface area (Å²) in [4.78, 5) is 27.4. The number of hydrogen-bond donors (Lipinski definition) is 2. The van der Waals surface area contributed by atoms with Crippen molar-refractivity contribution in [2.45, 2.75) is 0 Å². The van der Waals surface area contributed by atoms with Crippen LogP contribution in [0.3, 0.4) is 0 Å². The molecule has 0 spiro atoms. The van der Waals surface area contributed by atoms with Crippen LogP contribution in [0.4, 0.5) is 16.2 Å². The molecule has 0 fully saturated rings. The zero-order valence-electron chi connectivity index (χ0n) is 16.7. The normalized spacial score (nSPS) is 10.7. The van der Waals surface area contributed by atoms with E-state index >= 15 is 0 Å². The van der Waals surface area contributed by atoms with Crippen LogP contribution in [0.15, 0.2) is 66.0 Å². The van der Waals surface area contributed by atoms with Gasteiger partial charge in [0.25, 0.3) is 5.91 Å². The zero-order valence-corrected chi connectivity index (χ0v) is 17.6. The van der Waals surface area contributed by atoms with Crippen molar-refractivity contribution < 1.29 is 19.5 Å². The van der Waals surface area contributed by atoms with Crippen LogP contribution in [0.1, 0.15) is 10.4 Å². The molecule has 0 atom stereocenters. The van der Waals surface area contributed by atoms with Crippen molar-refractivity contribution in [2.24, 2.45) is 0 Å². The molecule has 2 amide bonds. The van der Waals surface area contributed by atoms with Crippen molar-refractivity contribution in [3.05, 3.63) is 71.6 Å². The Morgan fingerprint density at radius 2 is 1.83 bits per heavy atom. The van der Waals surface area contributed by atoms with Crippen LogP contribution >= 0.6 is 11.3 Å². The first-order valence-electron chi connectivity index (χ1n) is 9.30. The van der Waals surface area contributed by atoms with E-state index in [-0.39, 0.29) is 12.2 Å². The lowest BCUT2D eigenvalue weighted by atomic mass is 10.1. The molecular weight excluding hydrogens is 402 g/mol. The molecule has 3 aromatic rings. The standard InChI is InChI=1S/C22H23N3O4S/c1-24(2)12-13-29-22(27)23-18-10-8-16(9-11-18)21(26)25(28)19-6-3-5-17(15-19)20-7-4-14-30-20/h3-11,14-15,28H,12-13H2,1-2H3,(H,23,27). The number of thiophene rings is 1. The number of ether oxygens (including phenoxy) is 1. The number of likely N-dealkylation sites (N-methyl/N-ethyl adjacent to an activating group) is 1. The van der Waals surface area contributed by atoms with Gasteiger partial charge in [0, 0.05) is 22.7 Å². The number of carbonyl (C=O) groups is 2. The first-order chi connectivity index (χ1) is 14.4. The van der Waals surface area contributed by atoms with Gasteiger partial charge in [-0.15, -0.1) is 11.3 Å². The summed E-state index contributed by atoms with van der Waals surface area (Å²) in [5.41, 5.74) is 2.07. The van der Waals surface area contributed by atoms with Crippen molar-refractivity contribution in [2.75, 3.05) is 37.6 Å². The number of nitrogens with one attached hydrogen (secondary N) is 1. The van der Waals surface area contributed by atoms with Gasteiger partial charge >= 0.3 is 6.09 Å². The summed E-state index contributed by atoms with van der Waals surface area (Å²) < 4.78 is 5.07. The summed E-state index contributed by atoms with van der Waals surface area (Å²) in [6.45, 7) is 0.903. The highest BCUT2D eigenvalue weighted by atomic mass is 32.1. The number of rotatable bonds is 7. The Labute approximate surface area is 179 Å². The molecule has 7 nitrogen and oxygen atoms in total. The monoisotopic (exact) mass is 425 g/mol. The summed E-state index contributed by atoms with van der Waals surface area (Å²) in [5, 5.41) is 15.6. The highest BCUT2D eigenvalue weighted by Gasteiger charge is 2.16. The highest BCUT2D eigenvalue weighted by molar-refractivity contribution is 7.13. The number of benzene rings is 2. The van der Waals surface area contributed by atoms with E-state index < -0.39 is 12.0 Å². The van der Waals surface area contributed by atoms with Gasteiger partial charge in [-0.25, -0.2) is 4.79 Å². The lowest BCUT2D eigenvalue weighted by Crippen LogP contribution is -2.27. The van der Waals surface area contributed by atoms with E-state index in [1.54, 1.807) is 41.7 Å². The smallest absolute Gasteiger partial charge is 0.411 e. The van der Waals surface area contributed by atoms with Gasteiger partial charge in [-0.2, -0.15) is 5.06 Å². The van der Waals surface area contributed by atoms with Gasteiger partial charge in [0.05, 0.1) is 5.69 Å². The van der Waals surface area contributed by atoms with Gasteiger partial charge in [-0.1, -0.05) is 18.2 Å². The number of hydrogen-bond acceptors (Lipinski definition) is 6. The van der Waals surface area contributed by atoms with Gasteiger partial charge in [-0.3, -0.25) is 15.3 Å². The van der Waals surface area contributed by atoms with E-state index in [1.165, 1.54) is 12.1 Å². The topological polar surface area (TPSA) is 82.1 Å². The lowest BCUT2D eigenvalue weighted by molar-refractivity contribution is 0.0855. The minimum atomic E-state index is -0.571. The van der Waals surface area contributed by atoms with E-state index in [0.29, 0.717) is 23.0 Å². The van der Waals surface area contributed by atoms with Crippen molar-refractivity contribution in [3.63, 3.8) is 0 Å². The van der Waals surface area contributed by atoms with Crippen molar-refractivity contribution >= 4 is 34.7 Å². The fraction of sp³-hybridized carbons (Fsp3) is 0.182. The van der Waals surface area contributed by atoms with E-state index in [4.69, 9.17) is 4.74 Å². The lowest BCUT2D eigenvalue weighted by Gasteiger charge is -2.16. The molecule has 8 heteroatoms. The number of amides is 2. The molecule has 156 valence electrons. The van der Waals surface area contributed by atoms with Gasteiger partial charge in [0.1, 0.15) is 6.61 Å². The molecular formula is C22H23N3O4S. The average Bonchev–Trinajstić information content (AvgIpc) is 3.28. The van der Waals surface area contributed by atoms with Crippen LogP contribution in [0.2, 0.25) is 0 Å². The average molecular weight is 426 g/mol. The quantitative estimate of drug-likeness (QED) is 0.428. The largest absolute Gasteiger partial charge is 0.448 e. The fourth-order valence-corrected chi connectivity index (χ4v) is 3.37. The number of nitrogens with zero attached hydrogens (tertiary/aromatic N) is 2. The summed E-state index contributed by atoms with van der Waals surface area (Å²) in [7, 11) is 3.78. The molecule has 2 aromatic carbocycles. The Morgan fingerprint density at radius 3 is 2.50 bits per heavy atom. The highest BCUT2D eigenvalue weighted by Crippen LogP contribution is 2.28. The summed E-state index contributed by atoms with van der Waals surface area (Å²) >= 11 is 1.58. The molecule has 0 aliphatic rings. The summed E-state index contributed by atoms with van der Waals surface area (Å²) in [6, 6.07) is 17.3. The first-order valence-corrected chi connectivity index (χ1v) is 10.2. The summed E-state index contributed by atoms with van der Waals surface area (Å²) in [5.74, 6) is -0.571.